The third-order valence-electron chi connectivity index (χ3n) is 5.14. The van der Waals surface area contributed by atoms with E-state index in [0.717, 1.165) is 42.0 Å². The molecule has 1 aromatic carbocycles. The maximum atomic E-state index is 11.2. The molecule has 3 N–H and O–H groups in total. The fourth-order valence-electron chi connectivity index (χ4n) is 3.47. The quantitative estimate of drug-likeness (QED) is 0.716. The first-order valence-electron chi connectivity index (χ1n) is 9.51. The number of halogens is 1. The molecule has 1 aliphatic rings. The van der Waals surface area contributed by atoms with Crippen LogP contribution >= 0.6 is 11.6 Å². The second kappa shape index (κ2) is 9.56. The molecule has 0 radical (unpaired) electrons. The fraction of sp³-hybridized carbons (Fsp3) is 0.400. The van der Waals surface area contributed by atoms with Crippen molar-refractivity contribution in [2.75, 3.05) is 31.1 Å². The van der Waals surface area contributed by atoms with Crippen LogP contribution in [0.2, 0.25) is 5.02 Å². The number of carbonyl (C=O) groups excluding carboxylic acids is 1. The summed E-state index contributed by atoms with van der Waals surface area (Å²) in [6.45, 7) is 1.68. The lowest BCUT2D eigenvalue weighted by molar-refractivity contribution is -0.118. The third-order valence-corrected chi connectivity index (χ3v) is 5.39. The summed E-state index contributed by atoms with van der Waals surface area (Å²) in [7, 11) is 0. The summed E-state index contributed by atoms with van der Waals surface area (Å²) in [6, 6.07) is 7.55. The van der Waals surface area contributed by atoms with Crippen molar-refractivity contribution in [1.82, 2.24) is 14.9 Å². The molecule has 8 nitrogen and oxygen atoms in total. The van der Waals surface area contributed by atoms with Crippen LogP contribution in [0.3, 0.4) is 0 Å². The molecular weight excluding hydrogens is 394 g/mol. The van der Waals surface area contributed by atoms with Crippen LogP contribution in [-0.2, 0) is 4.79 Å². The number of primary amides is 1. The molecule has 0 aliphatic carbocycles. The average Bonchev–Trinajstić information content (AvgIpc) is 2.72. The summed E-state index contributed by atoms with van der Waals surface area (Å²) in [6.07, 6.45) is 5.07. The Morgan fingerprint density at radius 1 is 1.14 bits per heavy atom. The van der Waals surface area contributed by atoms with E-state index in [1.807, 2.05) is 36.7 Å². The van der Waals surface area contributed by atoms with Crippen molar-refractivity contribution in [3.8, 4) is 11.1 Å². The van der Waals surface area contributed by atoms with Gasteiger partial charge in [-0.1, -0.05) is 23.7 Å². The van der Waals surface area contributed by atoms with E-state index >= 15 is 0 Å². The highest BCUT2D eigenvalue weighted by Gasteiger charge is 2.23. The zero-order valence-corrected chi connectivity index (χ0v) is 16.8. The maximum absolute atomic E-state index is 11.2. The molecule has 0 saturated carbocycles. The molecular formula is C20H24ClN5O3. The van der Waals surface area contributed by atoms with E-state index in [9.17, 15) is 9.59 Å². The predicted octanol–water partition coefficient (Wildman–Crippen LogP) is 2.87. The monoisotopic (exact) mass is 417 g/mol. The molecule has 0 spiro atoms. The Labute approximate surface area is 174 Å². The van der Waals surface area contributed by atoms with Crippen molar-refractivity contribution in [2.24, 2.45) is 11.7 Å². The van der Waals surface area contributed by atoms with Gasteiger partial charge in [-0.3, -0.25) is 9.69 Å². The second-order valence-electron chi connectivity index (χ2n) is 7.17. The standard InChI is InChI=1S/C20H24ClN5O3/c21-17-3-1-15(2-4-17)16-11-23-19(24-12-16)25-8-5-14(6-9-25)7-10-26(20(28)29)13-18(22)27/h1-4,11-12,14H,5-10,13H2,(H2,22,27)(H,28,29). The van der Waals surface area contributed by atoms with Crippen LogP contribution < -0.4 is 10.6 Å². The van der Waals surface area contributed by atoms with E-state index in [0.29, 0.717) is 29.9 Å². The minimum Gasteiger partial charge on any atom is -0.465 e. The van der Waals surface area contributed by atoms with Crippen molar-refractivity contribution < 1.29 is 14.7 Å². The molecule has 0 unspecified atom stereocenters. The summed E-state index contributed by atoms with van der Waals surface area (Å²) in [5.41, 5.74) is 7.05. The van der Waals surface area contributed by atoms with Gasteiger partial charge in [0.25, 0.3) is 0 Å². The zero-order valence-electron chi connectivity index (χ0n) is 16.0. The molecule has 0 atom stereocenters. The molecule has 1 aliphatic heterocycles. The van der Waals surface area contributed by atoms with E-state index in [4.69, 9.17) is 22.4 Å². The summed E-state index contributed by atoms with van der Waals surface area (Å²) in [4.78, 5) is 34.4. The lowest BCUT2D eigenvalue weighted by Gasteiger charge is -2.32. The smallest absolute Gasteiger partial charge is 0.407 e. The number of hydrogen-bond donors (Lipinski definition) is 2. The number of hydrogen-bond acceptors (Lipinski definition) is 5. The first-order chi connectivity index (χ1) is 13.9. The van der Waals surface area contributed by atoms with Gasteiger partial charge in [0.05, 0.1) is 0 Å². The molecule has 29 heavy (non-hydrogen) atoms. The summed E-state index contributed by atoms with van der Waals surface area (Å²) >= 11 is 5.92. The molecule has 154 valence electrons. The normalized spacial score (nSPS) is 14.6. The lowest BCUT2D eigenvalue weighted by Crippen LogP contribution is -2.40. The van der Waals surface area contributed by atoms with Crippen molar-refractivity contribution in [2.45, 2.75) is 19.3 Å². The third kappa shape index (κ3) is 5.80. The number of benzene rings is 1. The second-order valence-corrected chi connectivity index (χ2v) is 7.60. The number of rotatable bonds is 7. The van der Waals surface area contributed by atoms with Gasteiger partial charge in [-0.05, 0) is 42.9 Å². The Balaban J connectivity index is 1.50. The van der Waals surface area contributed by atoms with Crippen LogP contribution in [-0.4, -0.2) is 58.2 Å². The number of anilines is 1. The zero-order chi connectivity index (χ0) is 20.8. The first-order valence-corrected chi connectivity index (χ1v) is 9.89. The van der Waals surface area contributed by atoms with Gasteiger partial charge < -0.3 is 15.7 Å². The minimum absolute atomic E-state index is 0.262. The van der Waals surface area contributed by atoms with Crippen LogP contribution in [0.1, 0.15) is 19.3 Å². The molecule has 9 heteroatoms. The van der Waals surface area contributed by atoms with Crippen LogP contribution in [0.15, 0.2) is 36.7 Å². The molecule has 3 rings (SSSR count). The predicted molar refractivity (Wildman–Crippen MR) is 111 cm³/mol. The van der Waals surface area contributed by atoms with Gasteiger partial charge in [0.1, 0.15) is 6.54 Å². The summed E-state index contributed by atoms with van der Waals surface area (Å²) in [5, 5.41) is 9.84. The Morgan fingerprint density at radius 2 is 1.76 bits per heavy atom. The number of aromatic nitrogens is 2. The van der Waals surface area contributed by atoms with E-state index in [2.05, 4.69) is 14.9 Å². The van der Waals surface area contributed by atoms with Gasteiger partial charge >= 0.3 is 6.09 Å². The Kier molecular flexibility index (Phi) is 6.87. The van der Waals surface area contributed by atoms with Crippen LogP contribution in [0, 0.1) is 5.92 Å². The van der Waals surface area contributed by atoms with Crippen LogP contribution in [0.25, 0.3) is 11.1 Å². The Morgan fingerprint density at radius 3 is 2.31 bits per heavy atom. The molecule has 1 fully saturated rings. The molecule has 1 aromatic heterocycles. The number of nitrogens with two attached hydrogens (primary N) is 1. The Bertz CT molecular complexity index is 836. The molecule has 2 amide bonds. The van der Waals surface area contributed by atoms with Gasteiger partial charge in [0.15, 0.2) is 0 Å². The first kappa shape index (κ1) is 20.9. The molecule has 1 saturated heterocycles. The van der Waals surface area contributed by atoms with Crippen LogP contribution in [0.4, 0.5) is 10.7 Å². The van der Waals surface area contributed by atoms with E-state index in [1.165, 1.54) is 0 Å². The van der Waals surface area contributed by atoms with Crippen molar-refractivity contribution in [3.05, 3.63) is 41.7 Å². The number of carboxylic acid groups (broad SMARTS) is 1. The lowest BCUT2D eigenvalue weighted by atomic mass is 9.93. The average molecular weight is 418 g/mol. The topological polar surface area (TPSA) is 113 Å². The summed E-state index contributed by atoms with van der Waals surface area (Å²) in [5.74, 6) is 0.456. The van der Waals surface area contributed by atoms with Crippen LogP contribution in [0.5, 0.6) is 0 Å². The van der Waals surface area contributed by atoms with E-state index in [1.54, 1.807) is 0 Å². The van der Waals surface area contributed by atoms with Gasteiger partial charge in [0.2, 0.25) is 11.9 Å². The molecule has 2 aromatic rings. The largest absolute Gasteiger partial charge is 0.465 e. The van der Waals surface area contributed by atoms with E-state index in [-0.39, 0.29) is 6.54 Å². The van der Waals surface area contributed by atoms with Crippen molar-refractivity contribution in [1.29, 1.82) is 0 Å². The Hall–Kier alpha value is -2.87. The maximum Gasteiger partial charge on any atom is 0.407 e. The minimum atomic E-state index is -1.12. The highest BCUT2D eigenvalue weighted by Crippen LogP contribution is 2.25. The van der Waals surface area contributed by atoms with Crippen molar-refractivity contribution >= 4 is 29.5 Å². The number of piperidine rings is 1. The SMILES string of the molecule is NC(=O)CN(CCC1CCN(c2ncc(-c3ccc(Cl)cc3)cn2)CC1)C(=O)O. The van der Waals surface area contributed by atoms with Gasteiger partial charge in [-0.15, -0.1) is 0 Å². The molecule has 0 bridgehead atoms. The highest BCUT2D eigenvalue weighted by molar-refractivity contribution is 6.30. The number of amides is 2. The van der Waals surface area contributed by atoms with Crippen molar-refractivity contribution in [3.63, 3.8) is 0 Å². The summed E-state index contributed by atoms with van der Waals surface area (Å²) < 4.78 is 0. The van der Waals surface area contributed by atoms with Gasteiger partial charge in [-0.25, -0.2) is 14.8 Å². The van der Waals surface area contributed by atoms with E-state index < -0.39 is 12.0 Å². The van der Waals surface area contributed by atoms with Gasteiger partial charge in [-0.2, -0.15) is 0 Å². The molecule has 2 heterocycles. The van der Waals surface area contributed by atoms with Gasteiger partial charge in [0, 0.05) is 42.6 Å². The highest BCUT2D eigenvalue weighted by atomic mass is 35.5. The number of carbonyl (C=O) groups is 2. The fourth-order valence-corrected chi connectivity index (χ4v) is 3.59. The number of nitrogens with zero attached hydrogens (tertiary/aromatic N) is 4.